The lowest BCUT2D eigenvalue weighted by Crippen LogP contribution is -2.51. The van der Waals surface area contributed by atoms with Crippen molar-refractivity contribution in [2.75, 3.05) is 33.7 Å². The molecular formula is C20H29N3O4. The summed E-state index contributed by atoms with van der Waals surface area (Å²) in [6.07, 6.45) is 1.59. The maximum Gasteiger partial charge on any atom is 0.257 e. The molecule has 3 fully saturated rings. The lowest BCUT2D eigenvalue weighted by Gasteiger charge is -2.35. The van der Waals surface area contributed by atoms with Crippen molar-refractivity contribution < 1.29 is 18.8 Å². The number of hydrogen-bond donors (Lipinski definition) is 0. The molecule has 3 amide bonds. The molecular weight excluding hydrogens is 346 g/mol. The summed E-state index contributed by atoms with van der Waals surface area (Å²) in [6, 6.07) is 1.71. The van der Waals surface area contributed by atoms with Gasteiger partial charge in [-0.3, -0.25) is 14.4 Å². The monoisotopic (exact) mass is 375 g/mol. The number of piperidine rings is 1. The second-order valence-electron chi connectivity index (χ2n) is 8.17. The number of carbonyl (C=O) groups is 3. The molecule has 0 saturated carbocycles. The Morgan fingerprint density at radius 2 is 1.96 bits per heavy atom. The predicted molar refractivity (Wildman–Crippen MR) is 100 cm³/mol. The van der Waals surface area contributed by atoms with E-state index in [1.807, 2.05) is 19.9 Å². The molecule has 1 aromatic rings. The smallest absolute Gasteiger partial charge is 0.257 e. The summed E-state index contributed by atoms with van der Waals surface area (Å²) >= 11 is 0. The van der Waals surface area contributed by atoms with Gasteiger partial charge in [-0.25, -0.2) is 0 Å². The number of rotatable bonds is 4. The number of aryl methyl sites for hydroxylation is 1. The van der Waals surface area contributed by atoms with Crippen LogP contribution in [0.25, 0.3) is 0 Å². The summed E-state index contributed by atoms with van der Waals surface area (Å²) in [5.41, 5.74) is 0.573. The first-order chi connectivity index (χ1) is 12.7. The Labute approximate surface area is 160 Å². The first kappa shape index (κ1) is 19.5. The van der Waals surface area contributed by atoms with Gasteiger partial charge >= 0.3 is 0 Å². The highest BCUT2D eigenvalue weighted by Gasteiger charge is 2.43. The quantitative estimate of drug-likeness (QED) is 0.805. The van der Waals surface area contributed by atoms with E-state index in [0.29, 0.717) is 24.4 Å². The maximum absolute atomic E-state index is 13.1. The van der Waals surface area contributed by atoms with Crippen molar-refractivity contribution in [2.45, 2.75) is 45.6 Å². The molecule has 2 bridgehead atoms. The molecule has 0 spiro atoms. The first-order valence-corrected chi connectivity index (χ1v) is 9.59. The van der Waals surface area contributed by atoms with Crippen LogP contribution in [0.1, 0.15) is 54.5 Å². The lowest BCUT2D eigenvalue weighted by atomic mass is 9.94. The van der Waals surface area contributed by atoms with Crippen LogP contribution in [0.3, 0.4) is 0 Å². The van der Waals surface area contributed by atoms with Crippen LogP contribution in [0.2, 0.25) is 0 Å². The highest BCUT2D eigenvalue weighted by atomic mass is 16.3. The molecule has 4 heterocycles. The van der Waals surface area contributed by atoms with Crippen LogP contribution < -0.4 is 0 Å². The second-order valence-corrected chi connectivity index (χ2v) is 8.17. The fraction of sp³-hybridized carbons (Fsp3) is 0.650. The van der Waals surface area contributed by atoms with Crippen molar-refractivity contribution in [1.82, 2.24) is 14.7 Å². The zero-order chi connectivity index (χ0) is 19.9. The van der Waals surface area contributed by atoms with E-state index < -0.39 is 0 Å². The molecule has 0 aliphatic carbocycles. The molecule has 0 unspecified atom stereocenters. The lowest BCUT2D eigenvalue weighted by molar-refractivity contribution is -0.145. The summed E-state index contributed by atoms with van der Waals surface area (Å²) in [5, 5.41) is 0. The number of amides is 3. The van der Waals surface area contributed by atoms with E-state index in [9.17, 15) is 14.4 Å². The fourth-order valence-corrected chi connectivity index (χ4v) is 3.87. The van der Waals surface area contributed by atoms with Crippen molar-refractivity contribution in [3.63, 3.8) is 0 Å². The van der Waals surface area contributed by atoms with Gasteiger partial charge in [-0.1, -0.05) is 13.8 Å². The van der Waals surface area contributed by atoms with Gasteiger partial charge in [0.05, 0.1) is 11.5 Å². The Morgan fingerprint density at radius 1 is 1.26 bits per heavy atom. The van der Waals surface area contributed by atoms with E-state index in [-0.39, 0.29) is 42.1 Å². The average molecular weight is 375 g/mol. The molecule has 0 N–H and O–H groups in total. The molecule has 3 saturated heterocycles. The van der Waals surface area contributed by atoms with E-state index in [2.05, 4.69) is 0 Å². The van der Waals surface area contributed by atoms with Crippen molar-refractivity contribution in [2.24, 2.45) is 5.92 Å². The minimum Gasteiger partial charge on any atom is -0.465 e. The largest absolute Gasteiger partial charge is 0.465 e. The molecule has 0 radical (unpaired) electrons. The number of likely N-dealkylation sites (N-methyl/N-ethyl adjacent to an activating group) is 1. The molecule has 1 aromatic heterocycles. The number of hydrogen-bond acceptors (Lipinski definition) is 4. The summed E-state index contributed by atoms with van der Waals surface area (Å²) < 4.78 is 5.73. The SMILES string of the molecule is Cc1oc(C(C)C)cc1C(=O)N1C[C@H]2CC[C@@H](C1)N(CC(=O)N(C)C)C2=O. The molecule has 7 heteroatoms. The van der Waals surface area contributed by atoms with Gasteiger partial charge in [-0.15, -0.1) is 0 Å². The predicted octanol–water partition coefficient (Wildman–Crippen LogP) is 1.86. The Balaban J connectivity index is 1.81. The zero-order valence-electron chi connectivity index (χ0n) is 16.8. The van der Waals surface area contributed by atoms with E-state index in [0.717, 1.165) is 18.6 Å². The van der Waals surface area contributed by atoms with Crippen molar-refractivity contribution in [1.29, 1.82) is 0 Å². The third kappa shape index (κ3) is 3.73. The molecule has 3 aliphatic rings. The van der Waals surface area contributed by atoms with Crippen molar-refractivity contribution in [3.05, 3.63) is 23.2 Å². The maximum atomic E-state index is 13.1. The standard InChI is InChI=1S/C20H29N3O4/c1-12(2)17-8-16(13(3)27-17)20(26)22-9-14-6-7-15(10-22)23(19(14)25)11-18(24)21(4)5/h8,12,14-15H,6-7,9-11H2,1-5H3/t14-,15+/m1/s1. The summed E-state index contributed by atoms with van der Waals surface area (Å²) in [5.74, 6) is 1.19. The minimum atomic E-state index is -0.237. The van der Waals surface area contributed by atoms with Gasteiger partial charge in [0.25, 0.3) is 5.91 Å². The number of fused-ring (bicyclic) bond motifs is 4. The van der Waals surface area contributed by atoms with Crippen LogP contribution in [0.4, 0.5) is 0 Å². The molecule has 0 aromatic carbocycles. The van der Waals surface area contributed by atoms with Gasteiger partial charge in [-0.2, -0.15) is 0 Å². The molecule has 148 valence electrons. The van der Waals surface area contributed by atoms with Crippen LogP contribution in [-0.4, -0.2) is 72.2 Å². The van der Waals surface area contributed by atoms with Crippen LogP contribution in [0.5, 0.6) is 0 Å². The molecule has 2 atom stereocenters. The Hall–Kier alpha value is -2.31. The van der Waals surface area contributed by atoms with Crippen LogP contribution in [0.15, 0.2) is 10.5 Å². The van der Waals surface area contributed by atoms with Gasteiger partial charge < -0.3 is 19.1 Å². The van der Waals surface area contributed by atoms with Crippen molar-refractivity contribution >= 4 is 17.7 Å². The number of furan rings is 1. The third-order valence-electron chi connectivity index (χ3n) is 5.62. The zero-order valence-corrected chi connectivity index (χ0v) is 16.8. The number of carbonyl (C=O) groups excluding carboxylic acids is 3. The third-order valence-corrected chi connectivity index (χ3v) is 5.62. The normalized spacial score (nSPS) is 22.4. The topological polar surface area (TPSA) is 74.1 Å². The van der Waals surface area contributed by atoms with Crippen molar-refractivity contribution in [3.8, 4) is 0 Å². The van der Waals surface area contributed by atoms with Gasteiger partial charge in [0.15, 0.2) is 0 Å². The highest BCUT2D eigenvalue weighted by molar-refractivity contribution is 5.96. The summed E-state index contributed by atoms with van der Waals surface area (Å²) in [4.78, 5) is 43.0. The van der Waals surface area contributed by atoms with E-state index >= 15 is 0 Å². The van der Waals surface area contributed by atoms with Gasteiger partial charge in [-0.05, 0) is 25.8 Å². The van der Waals surface area contributed by atoms with E-state index in [1.165, 1.54) is 4.90 Å². The minimum absolute atomic E-state index is 0.0106. The van der Waals surface area contributed by atoms with Crippen LogP contribution in [-0.2, 0) is 9.59 Å². The molecule has 3 aliphatic heterocycles. The second kappa shape index (κ2) is 7.37. The number of nitrogens with zero attached hydrogens (tertiary/aromatic N) is 3. The fourth-order valence-electron chi connectivity index (χ4n) is 3.87. The van der Waals surface area contributed by atoms with Gasteiger partial charge in [0, 0.05) is 39.1 Å². The average Bonchev–Trinajstić information content (AvgIpc) is 2.80. The Bertz CT molecular complexity index is 752. The van der Waals surface area contributed by atoms with E-state index in [4.69, 9.17) is 4.42 Å². The van der Waals surface area contributed by atoms with Gasteiger partial charge in [0.2, 0.25) is 11.8 Å². The van der Waals surface area contributed by atoms with Crippen LogP contribution in [0, 0.1) is 12.8 Å². The van der Waals surface area contributed by atoms with Crippen LogP contribution >= 0.6 is 0 Å². The molecule has 4 rings (SSSR count). The molecule has 7 nitrogen and oxygen atoms in total. The Morgan fingerprint density at radius 3 is 2.56 bits per heavy atom. The first-order valence-electron chi connectivity index (χ1n) is 9.59. The van der Waals surface area contributed by atoms with E-state index in [1.54, 1.807) is 30.8 Å². The summed E-state index contributed by atoms with van der Waals surface area (Å²) in [7, 11) is 3.37. The Kier molecular flexibility index (Phi) is 5.31. The summed E-state index contributed by atoms with van der Waals surface area (Å²) in [6.45, 7) is 6.80. The molecule has 27 heavy (non-hydrogen) atoms. The highest BCUT2D eigenvalue weighted by Crippen LogP contribution is 2.31. The van der Waals surface area contributed by atoms with Gasteiger partial charge in [0.1, 0.15) is 18.1 Å².